The Kier molecular flexibility index (Phi) is 5.38. The number of carbonyl (C=O) groups is 1. The standard InChI is InChI=1S/C21H23F2N5O2/c1-14-10-16-18(26-17-12-24-5-2-15(17)20(29)30)13-28(19(16)25-11-14)9-8-27-6-3-21(22,23)4-7-27/h2,5,10-13,26H,3-4,6-9H2,1H3,(H,29,30). The molecule has 0 spiro atoms. The summed E-state index contributed by atoms with van der Waals surface area (Å²) in [7, 11) is 0. The zero-order valence-corrected chi connectivity index (χ0v) is 16.6. The second-order valence-electron chi connectivity index (χ2n) is 7.67. The molecular formula is C21H23F2N5O2. The van der Waals surface area contributed by atoms with Crippen molar-refractivity contribution in [3.63, 3.8) is 0 Å². The minimum absolute atomic E-state index is 0.108. The molecule has 0 bridgehead atoms. The molecule has 4 rings (SSSR count). The van der Waals surface area contributed by atoms with Crippen LogP contribution in [-0.2, 0) is 6.54 Å². The van der Waals surface area contributed by atoms with Gasteiger partial charge in [-0.15, -0.1) is 0 Å². The van der Waals surface area contributed by atoms with Crippen LogP contribution >= 0.6 is 0 Å². The quantitative estimate of drug-likeness (QED) is 0.635. The van der Waals surface area contributed by atoms with Gasteiger partial charge in [0, 0.05) is 63.0 Å². The number of carboxylic acids is 1. The van der Waals surface area contributed by atoms with Gasteiger partial charge in [-0.05, 0) is 24.6 Å². The molecule has 7 nitrogen and oxygen atoms in total. The van der Waals surface area contributed by atoms with E-state index >= 15 is 0 Å². The number of aryl methyl sites for hydroxylation is 1. The first kappa shape index (κ1) is 20.2. The molecule has 0 saturated carbocycles. The Hall–Kier alpha value is -3.07. The molecule has 2 N–H and O–H groups in total. The van der Waals surface area contributed by atoms with Crippen molar-refractivity contribution in [2.45, 2.75) is 32.2 Å². The van der Waals surface area contributed by atoms with Gasteiger partial charge in [0.1, 0.15) is 5.65 Å². The van der Waals surface area contributed by atoms with Crippen molar-refractivity contribution in [2.75, 3.05) is 25.0 Å². The first-order chi connectivity index (χ1) is 14.3. The highest BCUT2D eigenvalue weighted by molar-refractivity contribution is 5.98. The fourth-order valence-corrected chi connectivity index (χ4v) is 3.72. The van der Waals surface area contributed by atoms with Crippen LogP contribution in [0.2, 0.25) is 0 Å². The lowest BCUT2D eigenvalue weighted by molar-refractivity contribution is -0.0554. The number of pyridine rings is 2. The van der Waals surface area contributed by atoms with E-state index in [-0.39, 0.29) is 18.4 Å². The second kappa shape index (κ2) is 7.98. The number of nitrogens with zero attached hydrogens (tertiary/aromatic N) is 4. The summed E-state index contributed by atoms with van der Waals surface area (Å²) >= 11 is 0. The number of hydrogen-bond acceptors (Lipinski definition) is 5. The van der Waals surface area contributed by atoms with Gasteiger partial charge < -0.3 is 19.9 Å². The van der Waals surface area contributed by atoms with E-state index in [0.717, 1.165) is 22.3 Å². The van der Waals surface area contributed by atoms with Gasteiger partial charge in [0.15, 0.2) is 0 Å². The average molecular weight is 415 g/mol. The third-order valence-electron chi connectivity index (χ3n) is 5.42. The van der Waals surface area contributed by atoms with Crippen molar-refractivity contribution < 1.29 is 18.7 Å². The fraction of sp³-hybridized carbons (Fsp3) is 0.381. The minimum Gasteiger partial charge on any atom is -0.478 e. The van der Waals surface area contributed by atoms with Crippen LogP contribution in [0, 0.1) is 6.92 Å². The van der Waals surface area contributed by atoms with Gasteiger partial charge in [-0.2, -0.15) is 0 Å². The van der Waals surface area contributed by atoms with Gasteiger partial charge in [-0.3, -0.25) is 4.98 Å². The Bertz CT molecular complexity index is 1070. The number of nitrogens with one attached hydrogen (secondary N) is 1. The maximum atomic E-state index is 13.4. The Morgan fingerprint density at radius 3 is 2.73 bits per heavy atom. The van der Waals surface area contributed by atoms with Gasteiger partial charge >= 0.3 is 5.97 Å². The van der Waals surface area contributed by atoms with Crippen LogP contribution in [0.5, 0.6) is 0 Å². The lowest BCUT2D eigenvalue weighted by Gasteiger charge is -2.31. The first-order valence-electron chi connectivity index (χ1n) is 9.82. The zero-order chi connectivity index (χ0) is 21.3. The summed E-state index contributed by atoms with van der Waals surface area (Å²) in [6, 6.07) is 3.43. The molecule has 4 heterocycles. The maximum absolute atomic E-state index is 13.4. The Labute approximate surface area is 172 Å². The number of piperidine rings is 1. The van der Waals surface area contributed by atoms with Gasteiger partial charge in [-0.25, -0.2) is 18.6 Å². The Morgan fingerprint density at radius 2 is 2.00 bits per heavy atom. The molecule has 158 valence electrons. The monoisotopic (exact) mass is 415 g/mol. The van der Waals surface area contributed by atoms with E-state index in [0.29, 0.717) is 31.9 Å². The largest absolute Gasteiger partial charge is 0.478 e. The topological polar surface area (TPSA) is 83.3 Å². The van der Waals surface area contributed by atoms with Crippen molar-refractivity contribution in [3.8, 4) is 0 Å². The fourth-order valence-electron chi connectivity index (χ4n) is 3.72. The normalized spacial score (nSPS) is 16.6. The molecule has 3 aromatic heterocycles. The molecule has 30 heavy (non-hydrogen) atoms. The summed E-state index contributed by atoms with van der Waals surface area (Å²) < 4.78 is 28.8. The van der Waals surface area contributed by atoms with Crippen molar-refractivity contribution in [1.29, 1.82) is 0 Å². The van der Waals surface area contributed by atoms with Crippen LogP contribution in [0.15, 0.2) is 36.9 Å². The molecule has 0 amide bonds. The van der Waals surface area contributed by atoms with Crippen LogP contribution in [0.25, 0.3) is 11.0 Å². The summed E-state index contributed by atoms with van der Waals surface area (Å²) in [5.41, 5.74) is 2.98. The Morgan fingerprint density at radius 1 is 1.23 bits per heavy atom. The minimum atomic E-state index is -2.56. The number of alkyl halides is 2. The van der Waals surface area contributed by atoms with E-state index in [9.17, 15) is 18.7 Å². The van der Waals surface area contributed by atoms with Crippen molar-refractivity contribution in [1.82, 2.24) is 19.4 Å². The molecule has 0 aliphatic carbocycles. The van der Waals surface area contributed by atoms with Gasteiger partial charge in [-0.1, -0.05) is 0 Å². The van der Waals surface area contributed by atoms with E-state index in [4.69, 9.17) is 0 Å². The van der Waals surface area contributed by atoms with E-state index in [1.165, 1.54) is 18.5 Å². The van der Waals surface area contributed by atoms with E-state index < -0.39 is 11.9 Å². The van der Waals surface area contributed by atoms with E-state index in [1.54, 1.807) is 6.20 Å². The highest BCUT2D eigenvalue weighted by Gasteiger charge is 2.33. The average Bonchev–Trinajstić information content (AvgIpc) is 3.04. The summed E-state index contributed by atoms with van der Waals surface area (Å²) in [6.07, 6.45) is 6.35. The third-order valence-corrected chi connectivity index (χ3v) is 5.42. The predicted octanol–water partition coefficient (Wildman–Crippen LogP) is 3.91. The number of aromatic carboxylic acids is 1. The number of fused-ring (bicyclic) bond motifs is 1. The van der Waals surface area contributed by atoms with Crippen LogP contribution in [0.1, 0.15) is 28.8 Å². The summed E-state index contributed by atoms with van der Waals surface area (Å²) in [4.78, 5) is 22.1. The Balaban J connectivity index is 1.59. The number of aromatic nitrogens is 3. The van der Waals surface area contributed by atoms with Gasteiger partial charge in [0.05, 0.1) is 23.1 Å². The lowest BCUT2D eigenvalue weighted by atomic mass is 10.1. The van der Waals surface area contributed by atoms with Crippen LogP contribution in [-0.4, -0.2) is 56.1 Å². The highest BCUT2D eigenvalue weighted by atomic mass is 19.3. The molecule has 1 fully saturated rings. The van der Waals surface area contributed by atoms with Crippen LogP contribution in [0.4, 0.5) is 20.2 Å². The van der Waals surface area contributed by atoms with Crippen LogP contribution < -0.4 is 5.32 Å². The SMILES string of the molecule is Cc1cnc2c(c1)c(Nc1cnccc1C(=O)O)cn2CCN1CCC(F)(F)CC1. The zero-order valence-electron chi connectivity index (χ0n) is 16.6. The molecule has 3 aromatic rings. The molecule has 9 heteroatoms. The molecule has 1 aliphatic rings. The van der Waals surface area contributed by atoms with E-state index in [1.807, 2.05) is 28.7 Å². The first-order valence-corrected chi connectivity index (χ1v) is 9.82. The molecule has 0 aromatic carbocycles. The third kappa shape index (κ3) is 4.25. The summed E-state index contributed by atoms with van der Waals surface area (Å²) in [5.74, 6) is -3.60. The summed E-state index contributed by atoms with van der Waals surface area (Å²) in [6.45, 7) is 3.93. The molecule has 1 aliphatic heterocycles. The van der Waals surface area contributed by atoms with Crippen molar-refractivity contribution >= 4 is 28.4 Å². The number of rotatable bonds is 6. The predicted molar refractivity (Wildman–Crippen MR) is 110 cm³/mol. The van der Waals surface area contributed by atoms with Crippen molar-refractivity contribution in [2.24, 2.45) is 0 Å². The van der Waals surface area contributed by atoms with Crippen molar-refractivity contribution in [3.05, 3.63) is 48.0 Å². The second-order valence-corrected chi connectivity index (χ2v) is 7.67. The summed E-state index contributed by atoms with van der Waals surface area (Å²) in [5, 5.41) is 13.5. The smallest absolute Gasteiger partial charge is 0.337 e. The number of halogens is 2. The molecule has 0 radical (unpaired) electrons. The molecule has 0 unspecified atom stereocenters. The van der Waals surface area contributed by atoms with Crippen LogP contribution in [0.3, 0.4) is 0 Å². The highest BCUT2D eigenvalue weighted by Crippen LogP contribution is 2.30. The number of likely N-dealkylation sites (tertiary alicyclic amines) is 1. The van der Waals surface area contributed by atoms with E-state index in [2.05, 4.69) is 15.3 Å². The molecule has 1 saturated heterocycles. The number of anilines is 2. The van der Waals surface area contributed by atoms with Gasteiger partial charge in [0.25, 0.3) is 5.92 Å². The van der Waals surface area contributed by atoms with Gasteiger partial charge in [0.2, 0.25) is 0 Å². The molecular weight excluding hydrogens is 392 g/mol. The lowest BCUT2D eigenvalue weighted by Crippen LogP contribution is -2.40. The number of hydrogen-bond donors (Lipinski definition) is 2. The number of carboxylic acid groups (broad SMARTS) is 1. The maximum Gasteiger partial charge on any atom is 0.337 e. The molecule has 0 atom stereocenters.